The Hall–Kier alpha value is -1.07. The minimum atomic E-state index is -0.710. The van der Waals surface area contributed by atoms with E-state index in [1.165, 1.54) is 0 Å². The first-order chi connectivity index (χ1) is 8.54. The molecular formula is C13H21NO4. The van der Waals surface area contributed by atoms with E-state index in [1.54, 1.807) is 0 Å². The zero-order chi connectivity index (χ0) is 13.3. The van der Waals surface area contributed by atoms with E-state index in [0.29, 0.717) is 6.61 Å². The van der Waals surface area contributed by atoms with Crippen LogP contribution in [-0.2, 0) is 19.0 Å². The number of rotatable bonds is 3. The number of hydrogen-bond acceptors (Lipinski definition) is 5. The van der Waals surface area contributed by atoms with E-state index >= 15 is 0 Å². The maximum atomic E-state index is 12.0. The summed E-state index contributed by atoms with van der Waals surface area (Å²) >= 11 is 0. The molecule has 5 nitrogen and oxygen atoms in total. The van der Waals surface area contributed by atoms with Crippen LogP contribution in [0.15, 0.2) is 11.8 Å². The zero-order valence-electron chi connectivity index (χ0n) is 11.4. The van der Waals surface area contributed by atoms with Crippen molar-refractivity contribution in [1.82, 2.24) is 5.32 Å². The summed E-state index contributed by atoms with van der Waals surface area (Å²) in [6.45, 7) is 6.47. The van der Waals surface area contributed by atoms with Gasteiger partial charge in [0.2, 0.25) is 0 Å². The van der Waals surface area contributed by atoms with Gasteiger partial charge in [-0.25, -0.2) is 0 Å². The van der Waals surface area contributed by atoms with E-state index in [0.717, 1.165) is 5.76 Å². The standard InChI is InChI=1S/C13H21NO4/c1-5-10-13(3,18-7-17-10)11-9(8(2)14-4)6-16-12(11)15/h5,8-9,11,14H,6-7H2,1-4H3/b10-5+/t8-,9-,11-,13?/m1/s1. The molecular weight excluding hydrogens is 234 g/mol. The molecule has 4 atom stereocenters. The molecule has 0 saturated carbocycles. The van der Waals surface area contributed by atoms with Gasteiger partial charge in [-0.15, -0.1) is 0 Å². The van der Waals surface area contributed by atoms with Crippen LogP contribution >= 0.6 is 0 Å². The second-order valence-electron chi connectivity index (χ2n) is 5.02. The van der Waals surface area contributed by atoms with E-state index in [4.69, 9.17) is 14.2 Å². The van der Waals surface area contributed by atoms with Crippen LogP contribution in [0.1, 0.15) is 20.8 Å². The molecule has 0 aromatic carbocycles. The van der Waals surface area contributed by atoms with Gasteiger partial charge in [0.15, 0.2) is 6.79 Å². The van der Waals surface area contributed by atoms with E-state index in [1.807, 2.05) is 33.9 Å². The third kappa shape index (κ3) is 1.91. The van der Waals surface area contributed by atoms with Gasteiger partial charge in [-0.1, -0.05) is 0 Å². The number of hydrogen-bond donors (Lipinski definition) is 1. The number of carbonyl (C=O) groups is 1. The summed E-state index contributed by atoms with van der Waals surface area (Å²) in [6.07, 6.45) is 1.86. The molecule has 102 valence electrons. The monoisotopic (exact) mass is 255 g/mol. The summed E-state index contributed by atoms with van der Waals surface area (Å²) in [5.41, 5.74) is -0.710. The highest BCUT2D eigenvalue weighted by atomic mass is 16.7. The molecule has 0 radical (unpaired) electrons. The predicted molar refractivity (Wildman–Crippen MR) is 65.7 cm³/mol. The van der Waals surface area contributed by atoms with Crippen molar-refractivity contribution in [3.05, 3.63) is 11.8 Å². The summed E-state index contributed by atoms with van der Waals surface area (Å²) in [7, 11) is 1.88. The second-order valence-corrected chi connectivity index (χ2v) is 5.02. The lowest BCUT2D eigenvalue weighted by molar-refractivity contribution is -0.147. The first kappa shape index (κ1) is 13.4. The molecule has 2 rings (SSSR count). The lowest BCUT2D eigenvalue weighted by Gasteiger charge is -2.32. The van der Waals surface area contributed by atoms with Crippen molar-refractivity contribution in [3.8, 4) is 0 Å². The van der Waals surface area contributed by atoms with Crippen LogP contribution in [-0.4, -0.2) is 38.1 Å². The molecule has 0 spiro atoms. The summed E-state index contributed by atoms with van der Waals surface area (Å²) in [4.78, 5) is 12.0. The van der Waals surface area contributed by atoms with Gasteiger partial charge in [0.05, 0.1) is 6.61 Å². The highest BCUT2D eigenvalue weighted by Crippen LogP contribution is 2.43. The van der Waals surface area contributed by atoms with Gasteiger partial charge >= 0.3 is 5.97 Å². The fraction of sp³-hybridized carbons (Fsp3) is 0.769. The van der Waals surface area contributed by atoms with Crippen molar-refractivity contribution in [2.45, 2.75) is 32.4 Å². The molecule has 0 bridgehead atoms. The van der Waals surface area contributed by atoms with E-state index < -0.39 is 5.60 Å². The third-order valence-corrected chi connectivity index (χ3v) is 4.12. The number of nitrogens with one attached hydrogen (secondary N) is 1. The summed E-state index contributed by atoms with van der Waals surface area (Å²) in [5.74, 6) is 0.284. The van der Waals surface area contributed by atoms with Crippen LogP contribution < -0.4 is 5.32 Å². The molecule has 1 unspecified atom stereocenters. The minimum absolute atomic E-state index is 0.0872. The number of allylic oxidation sites excluding steroid dienone is 1. The molecule has 18 heavy (non-hydrogen) atoms. The number of cyclic esters (lactones) is 1. The average Bonchev–Trinajstić information content (AvgIpc) is 2.92. The van der Waals surface area contributed by atoms with Crippen LogP contribution in [0.25, 0.3) is 0 Å². The zero-order valence-corrected chi connectivity index (χ0v) is 11.4. The minimum Gasteiger partial charge on any atom is -0.469 e. The Kier molecular flexibility index (Phi) is 3.64. The van der Waals surface area contributed by atoms with Crippen molar-refractivity contribution in [2.24, 2.45) is 11.8 Å². The molecule has 0 aliphatic carbocycles. The van der Waals surface area contributed by atoms with Crippen LogP contribution in [0.4, 0.5) is 0 Å². The Morgan fingerprint density at radius 1 is 1.50 bits per heavy atom. The van der Waals surface area contributed by atoms with Crippen molar-refractivity contribution < 1.29 is 19.0 Å². The Morgan fingerprint density at radius 2 is 2.22 bits per heavy atom. The first-order valence-electron chi connectivity index (χ1n) is 6.32. The molecule has 2 saturated heterocycles. The topological polar surface area (TPSA) is 56.8 Å². The largest absolute Gasteiger partial charge is 0.469 e. The average molecular weight is 255 g/mol. The quantitative estimate of drug-likeness (QED) is 0.764. The number of ether oxygens (including phenoxy) is 3. The van der Waals surface area contributed by atoms with Gasteiger partial charge in [-0.3, -0.25) is 4.79 Å². The molecule has 5 heteroatoms. The molecule has 1 N–H and O–H groups in total. The first-order valence-corrected chi connectivity index (χ1v) is 6.32. The van der Waals surface area contributed by atoms with Crippen molar-refractivity contribution in [2.75, 3.05) is 20.4 Å². The molecule has 2 aliphatic rings. The highest BCUT2D eigenvalue weighted by Gasteiger charge is 2.56. The van der Waals surface area contributed by atoms with Gasteiger partial charge in [0, 0.05) is 12.0 Å². The Morgan fingerprint density at radius 3 is 2.83 bits per heavy atom. The van der Waals surface area contributed by atoms with Gasteiger partial charge < -0.3 is 19.5 Å². The third-order valence-electron chi connectivity index (χ3n) is 4.12. The van der Waals surface area contributed by atoms with E-state index in [-0.39, 0.29) is 30.6 Å². The molecule has 0 amide bonds. The number of carbonyl (C=O) groups excluding carboxylic acids is 1. The van der Waals surface area contributed by atoms with E-state index in [9.17, 15) is 4.79 Å². The Bertz CT molecular complexity index is 368. The maximum absolute atomic E-state index is 12.0. The summed E-state index contributed by atoms with van der Waals surface area (Å²) in [5, 5.41) is 3.18. The predicted octanol–water partition coefficient (Wildman–Crippen LogP) is 1.05. The normalized spacial score (nSPS) is 39.8. The van der Waals surface area contributed by atoms with Crippen LogP contribution in [0.3, 0.4) is 0 Å². The highest BCUT2D eigenvalue weighted by molar-refractivity contribution is 5.77. The molecule has 2 heterocycles. The molecule has 0 aromatic heterocycles. The molecule has 0 aromatic rings. The Labute approximate surface area is 107 Å². The SMILES string of the molecule is C/C=C1/OCOC1(C)[C@H]1C(=O)OC[C@@H]1[C@@H](C)NC. The van der Waals surface area contributed by atoms with Crippen LogP contribution in [0.2, 0.25) is 0 Å². The van der Waals surface area contributed by atoms with Crippen molar-refractivity contribution in [3.63, 3.8) is 0 Å². The Balaban J connectivity index is 2.31. The fourth-order valence-electron chi connectivity index (χ4n) is 2.86. The molecule has 2 fully saturated rings. The van der Waals surface area contributed by atoms with Gasteiger partial charge in [0.1, 0.15) is 17.3 Å². The summed E-state index contributed by atoms with van der Waals surface area (Å²) < 4.78 is 16.4. The summed E-state index contributed by atoms with van der Waals surface area (Å²) in [6, 6.07) is 0.181. The second kappa shape index (κ2) is 4.90. The van der Waals surface area contributed by atoms with Crippen LogP contribution in [0, 0.1) is 11.8 Å². The lowest BCUT2D eigenvalue weighted by atomic mass is 9.76. The molecule has 2 aliphatic heterocycles. The van der Waals surface area contributed by atoms with Crippen LogP contribution in [0.5, 0.6) is 0 Å². The van der Waals surface area contributed by atoms with Gasteiger partial charge in [0.25, 0.3) is 0 Å². The van der Waals surface area contributed by atoms with E-state index in [2.05, 4.69) is 5.32 Å². The van der Waals surface area contributed by atoms with Crippen molar-refractivity contribution >= 4 is 5.97 Å². The fourth-order valence-corrected chi connectivity index (χ4v) is 2.86. The number of esters is 1. The maximum Gasteiger partial charge on any atom is 0.312 e. The van der Waals surface area contributed by atoms with Crippen molar-refractivity contribution in [1.29, 1.82) is 0 Å². The smallest absolute Gasteiger partial charge is 0.312 e. The van der Waals surface area contributed by atoms with Gasteiger partial charge in [-0.05, 0) is 33.9 Å². The van der Waals surface area contributed by atoms with Gasteiger partial charge in [-0.2, -0.15) is 0 Å². The lowest BCUT2D eigenvalue weighted by Crippen LogP contribution is -2.47.